The van der Waals surface area contributed by atoms with Crippen LogP contribution in [0.5, 0.6) is 0 Å². The molecule has 0 amide bonds. The molecule has 1 aromatic heterocycles. The average molecular weight is 343 g/mol. The molecule has 1 aromatic carbocycles. The minimum absolute atomic E-state index is 0.216. The second-order valence-corrected chi connectivity index (χ2v) is 8.54. The van der Waals surface area contributed by atoms with Gasteiger partial charge in [-0.25, -0.2) is 4.79 Å². The van der Waals surface area contributed by atoms with E-state index in [4.69, 9.17) is 4.42 Å². The maximum absolute atomic E-state index is 12.1. The highest BCUT2D eigenvalue weighted by Gasteiger charge is 2.19. The molecule has 3 nitrogen and oxygen atoms in total. The molecule has 0 spiro atoms. The zero-order chi connectivity index (χ0) is 18.0. The SMILES string of the molecule is CC(C)C[NH+](Cc1cc(=O)oc2cc3c(cc12)CCCC3)CC(C)C. The Bertz CT molecular complexity index is 778. The van der Waals surface area contributed by atoms with Gasteiger partial charge in [-0.2, -0.15) is 0 Å². The zero-order valence-corrected chi connectivity index (χ0v) is 16.2. The van der Waals surface area contributed by atoms with Gasteiger partial charge in [-0.05, 0) is 48.9 Å². The van der Waals surface area contributed by atoms with Crippen LogP contribution in [0.4, 0.5) is 0 Å². The monoisotopic (exact) mass is 342 g/mol. The Balaban J connectivity index is 2.00. The first kappa shape index (κ1) is 18.2. The Labute approximate surface area is 151 Å². The van der Waals surface area contributed by atoms with Crippen LogP contribution in [0, 0.1) is 11.8 Å². The van der Waals surface area contributed by atoms with E-state index in [1.807, 2.05) is 0 Å². The molecule has 3 heteroatoms. The molecule has 0 saturated heterocycles. The third-order valence-electron chi connectivity index (χ3n) is 5.13. The predicted octanol–water partition coefficient (Wildman–Crippen LogP) is 3.37. The standard InChI is InChI=1S/C22H31NO2/c1-15(2)12-23(13-16(3)4)14-19-11-22(24)25-21-10-18-8-6-5-7-17(18)9-20(19)21/h9-11,15-16H,5-8,12-14H2,1-4H3/p+1. The van der Waals surface area contributed by atoms with Crippen molar-refractivity contribution >= 4 is 11.0 Å². The summed E-state index contributed by atoms with van der Waals surface area (Å²) in [5.41, 5.74) is 4.52. The normalized spacial score (nSPS) is 14.7. The van der Waals surface area contributed by atoms with Gasteiger partial charge >= 0.3 is 5.63 Å². The third-order valence-corrected chi connectivity index (χ3v) is 5.13. The van der Waals surface area contributed by atoms with Gasteiger partial charge in [-0.15, -0.1) is 0 Å². The molecule has 1 N–H and O–H groups in total. The summed E-state index contributed by atoms with van der Waals surface area (Å²) in [5.74, 6) is 1.29. The average Bonchev–Trinajstić information content (AvgIpc) is 2.51. The number of fused-ring (bicyclic) bond motifs is 2. The molecule has 3 rings (SSSR count). The molecule has 0 bridgehead atoms. The largest absolute Gasteiger partial charge is 0.423 e. The van der Waals surface area contributed by atoms with Gasteiger partial charge in [0.05, 0.1) is 13.1 Å². The summed E-state index contributed by atoms with van der Waals surface area (Å²) in [6, 6.07) is 6.14. The quantitative estimate of drug-likeness (QED) is 0.817. The van der Waals surface area contributed by atoms with Crippen LogP contribution in [0.2, 0.25) is 0 Å². The molecule has 136 valence electrons. The van der Waals surface area contributed by atoms with Gasteiger partial charge in [-0.3, -0.25) is 0 Å². The summed E-state index contributed by atoms with van der Waals surface area (Å²) in [6.07, 6.45) is 4.77. The van der Waals surface area contributed by atoms with Crippen LogP contribution in [-0.4, -0.2) is 13.1 Å². The number of aryl methyl sites for hydroxylation is 2. The fourth-order valence-electron chi connectivity index (χ4n) is 4.25. The fourth-order valence-corrected chi connectivity index (χ4v) is 4.25. The maximum atomic E-state index is 12.1. The first-order chi connectivity index (χ1) is 11.9. The minimum Gasteiger partial charge on any atom is -0.423 e. The number of hydrogen-bond donors (Lipinski definition) is 1. The Morgan fingerprint density at radius 2 is 1.56 bits per heavy atom. The van der Waals surface area contributed by atoms with Gasteiger partial charge in [-0.1, -0.05) is 27.7 Å². The number of nitrogens with one attached hydrogen (secondary N) is 1. The van der Waals surface area contributed by atoms with E-state index in [1.54, 1.807) is 11.0 Å². The van der Waals surface area contributed by atoms with E-state index in [1.165, 1.54) is 24.0 Å². The van der Waals surface area contributed by atoms with Crippen molar-refractivity contribution < 1.29 is 9.32 Å². The molecular formula is C22H32NO2+. The topological polar surface area (TPSA) is 34.7 Å². The minimum atomic E-state index is -0.216. The lowest BCUT2D eigenvalue weighted by Crippen LogP contribution is -3.11. The van der Waals surface area contributed by atoms with Gasteiger partial charge in [0.15, 0.2) is 0 Å². The van der Waals surface area contributed by atoms with Gasteiger partial charge < -0.3 is 9.32 Å². The van der Waals surface area contributed by atoms with Crippen molar-refractivity contribution in [2.24, 2.45) is 11.8 Å². The van der Waals surface area contributed by atoms with E-state index >= 15 is 0 Å². The molecule has 0 saturated carbocycles. The Morgan fingerprint density at radius 1 is 0.960 bits per heavy atom. The maximum Gasteiger partial charge on any atom is 0.336 e. The lowest BCUT2D eigenvalue weighted by Gasteiger charge is -2.24. The lowest BCUT2D eigenvalue weighted by atomic mass is 9.90. The van der Waals surface area contributed by atoms with Crippen molar-refractivity contribution in [1.82, 2.24) is 0 Å². The number of quaternary nitrogens is 1. The Hall–Kier alpha value is -1.61. The number of hydrogen-bond acceptors (Lipinski definition) is 2. The summed E-state index contributed by atoms with van der Waals surface area (Å²) in [5, 5.41) is 1.14. The molecule has 0 fully saturated rings. The smallest absolute Gasteiger partial charge is 0.336 e. The van der Waals surface area contributed by atoms with Crippen LogP contribution in [-0.2, 0) is 19.4 Å². The highest BCUT2D eigenvalue weighted by Crippen LogP contribution is 2.27. The zero-order valence-electron chi connectivity index (χ0n) is 16.2. The molecule has 25 heavy (non-hydrogen) atoms. The van der Waals surface area contributed by atoms with E-state index < -0.39 is 0 Å². The van der Waals surface area contributed by atoms with Crippen LogP contribution in [0.15, 0.2) is 27.4 Å². The van der Waals surface area contributed by atoms with Crippen molar-refractivity contribution in [2.75, 3.05) is 13.1 Å². The molecule has 0 aliphatic heterocycles. The van der Waals surface area contributed by atoms with Gasteiger partial charge in [0.2, 0.25) is 0 Å². The first-order valence-electron chi connectivity index (χ1n) is 9.84. The Kier molecular flexibility index (Phi) is 5.63. The molecule has 2 aromatic rings. The van der Waals surface area contributed by atoms with Crippen LogP contribution in [0.1, 0.15) is 57.2 Å². The fraction of sp³-hybridized carbons (Fsp3) is 0.591. The molecule has 1 aliphatic rings. The molecule has 0 unspecified atom stereocenters. The van der Waals surface area contributed by atoms with E-state index in [0.717, 1.165) is 49.0 Å². The molecule has 0 radical (unpaired) electrons. The summed E-state index contributed by atoms with van der Waals surface area (Å²) in [6.45, 7) is 12.2. The van der Waals surface area contributed by atoms with Crippen LogP contribution in [0.3, 0.4) is 0 Å². The van der Waals surface area contributed by atoms with E-state index in [9.17, 15) is 4.79 Å². The third kappa shape index (κ3) is 4.52. The van der Waals surface area contributed by atoms with Gasteiger partial charge in [0, 0.05) is 28.9 Å². The molecule has 1 heterocycles. The van der Waals surface area contributed by atoms with Crippen LogP contribution in [0.25, 0.3) is 11.0 Å². The second kappa shape index (κ2) is 7.74. The molecule has 1 aliphatic carbocycles. The number of benzene rings is 1. The van der Waals surface area contributed by atoms with Gasteiger partial charge in [0.1, 0.15) is 12.1 Å². The van der Waals surface area contributed by atoms with Crippen molar-refractivity contribution in [3.8, 4) is 0 Å². The van der Waals surface area contributed by atoms with E-state index in [0.29, 0.717) is 11.8 Å². The van der Waals surface area contributed by atoms with Crippen LogP contribution >= 0.6 is 0 Å². The van der Waals surface area contributed by atoms with Crippen LogP contribution < -0.4 is 10.5 Å². The number of rotatable bonds is 6. The lowest BCUT2D eigenvalue weighted by molar-refractivity contribution is -0.919. The van der Waals surface area contributed by atoms with Crippen molar-refractivity contribution in [1.29, 1.82) is 0 Å². The highest BCUT2D eigenvalue weighted by atomic mass is 16.4. The Morgan fingerprint density at radius 3 is 2.16 bits per heavy atom. The van der Waals surface area contributed by atoms with Gasteiger partial charge in [0.25, 0.3) is 0 Å². The molecular weight excluding hydrogens is 310 g/mol. The summed E-state index contributed by atoms with van der Waals surface area (Å²) in [4.78, 5) is 13.7. The van der Waals surface area contributed by atoms with E-state index in [2.05, 4.69) is 39.8 Å². The van der Waals surface area contributed by atoms with Crippen molar-refractivity contribution in [3.05, 3.63) is 45.3 Å². The van der Waals surface area contributed by atoms with Crippen molar-refractivity contribution in [3.63, 3.8) is 0 Å². The highest BCUT2D eigenvalue weighted by molar-refractivity contribution is 5.82. The van der Waals surface area contributed by atoms with Crippen molar-refractivity contribution in [2.45, 2.75) is 59.9 Å². The summed E-state index contributed by atoms with van der Waals surface area (Å²) < 4.78 is 5.55. The first-order valence-corrected chi connectivity index (χ1v) is 9.84. The van der Waals surface area contributed by atoms with E-state index in [-0.39, 0.29) is 5.63 Å². The predicted molar refractivity (Wildman–Crippen MR) is 103 cm³/mol. The summed E-state index contributed by atoms with van der Waals surface area (Å²) in [7, 11) is 0. The molecule has 0 atom stereocenters. The summed E-state index contributed by atoms with van der Waals surface area (Å²) >= 11 is 0. The second-order valence-electron chi connectivity index (χ2n) is 8.54.